The maximum Gasteiger partial charge on any atom is 0.336 e. The molecule has 0 bridgehead atoms. The third-order valence-electron chi connectivity index (χ3n) is 2.68. The zero-order chi connectivity index (χ0) is 14.1. The fourth-order valence-corrected chi connectivity index (χ4v) is 2.66. The number of H-pyrrole nitrogens is 1. The van der Waals surface area contributed by atoms with Crippen LogP contribution in [-0.4, -0.2) is 43.5 Å². The molecule has 1 amide bonds. The fraction of sp³-hybridized carbons (Fsp3) is 0.300. The van der Waals surface area contributed by atoms with Gasteiger partial charge in [0.1, 0.15) is 5.56 Å². The van der Waals surface area contributed by atoms with Gasteiger partial charge in [-0.2, -0.15) is 4.98 Å². The van der Waals surface area contributed by atoms with E-state index >= 15 is 0 Å². The number of anilines is 1. The van der Waals surface area contributed by atoms with Crippen LogP contribution in [0.2, 0.25) is 0 Å². The van der Waals surface area contributed by atoms with Crippen LogP contribution in [0.15, 0.2) is 16.1 Å². The number of hydrogen-bond donors (Lipinski definition) is 2. The first-order chi connectivity index (χ1) is 9.69. The maximum absolute atomic E-state index is 12.1. The molecule has 2 aromatic rings. The van der Waals surface area contributed by atoms with Crippen molar-refractivity contribution in [2.75, 3.05) is 18.2 Å². The number of hydrogen-bond acceptors (Lipinski definition) is 7. The van der Waals surface area contributed by atoms with Crippen molar-refractivity contribution in [3.05, 3.63) is 22.1 Å². The Hall–Kier alpha value is -2.36. The molecule has 0 atom stereocenters. The molecule has 3 heterocycles. The van der Waals surface area contributed by atoms with Gasteiger partial charge >= 0.3 is 6.01 Å². The van der Waals surface area contributed by atoms with Crippen LogP contribution in [0.25, 0.3) is 0 Å². The average molecular weight is 294 g/mol. The molecule has 0 spiro atoms. The number of carbonyl (C=O) groups excluding carboxylic acids is 1. The molecule has 1 aliphatic rings. The Balaban J connectivity index is 1.86. The van der Waals surface area contributed by atoms with E-state index in [0.29, 0.717) is 11.7 Å². The zero-order valence-corrected chi connectivity index (χ0v) is 11.2. The molecular weight excluding hydrogens is 284 g/mol. The molecule has 0 unspecified atom stereocenters. The van der Waals surface area contributed by atoms with Gasteiger partial charge < -0.3 is 4.74 Å². The van der Waals surface area contributed by atoms with Crippen LogP contribution >= 0.6 is 11.8 Å². The predicted octanol–water partition coefficient (Wildman–Crippen LogP) is -0.272. The third-order valence-corrected chi connectivity index (χ3v) is 3.65. The van der Waals surface area contributed by atoms with E-state index < -0.39 is 5.91 Å². The lowest BCUT2D eigenvalue weighted by Gasteiger charge is -2.04. The molecular formula is C10H10N6O3S. The highest BCUT2D eigenvalue weighted by molar-refractivity contribution is 7.99. The molecule has 20 heavy (non-hydrogen) atoms. The summed E-state index contributed by atoms with van der Waals surface area (Å²) >= 11 is 1.49. The predicted molar refractivity (Wildman–Crippen MR) is 70.1 cm³/mol. The molecule has 0 aliphatic carbocycles. The van der Waals surface area contributed by atoms with E-state index in [1.54, 1.807) is 0 Å². The van der Waals surface area contributed by atoms with Crippen LogP contribution < -0.4 is 15.6 Å². The van der Waals surface area contributed by atoms with E-state index in [0.717, 1.165) is 5.75 Å². The topological polar surface area (TPSA) is 115 Å². The van der Waals surface area contributed by atoms with Crippen molar-refractivity contribution in [3.8, 4) is 6.01 Å². The Morgan fingerprint density at radius 3 is 3.20 bits per heavy atom. The molecule has 0 saturated carbocycles. The first-order valence-corrected chi connectivity index (χ1v) is 6.68. The zero-order valence-electron chi connectivity index (χ0n) is 10.4. The van der Waals surface area contributed by atoms with Crippen molar-refractivity contribution in [1.29, 1.82) is 0 Å². The standard InChI is InChI=1S/C10H10N6O3S/c1-19-9-13-8(14-15-9)12-6(17)5-4-11-10-16(7(5)18)2-3-20-10/h4H,2-3H2,1H3,(H2,12,13,14,15,17). The summed E-state index contributed by atoms with van der Waals surface area (Å²) in [5.74, 6) is 0.298. The Labute approximate surface area is 116 Å². The highest BCUT2D eigenvalue weighted by Crippen LogP contribution is 2.20. The Kier molecular flexibility index (Phi) is 3.14. The molecule has 2 N–H and O–H groups in total. The van der Waals surface area contributed by atoms with Gasteiger partial charge in [-0.05, 0) is 0 Å². The number of carbonyl (C=O) groups is 1. The minimum Gasteiger partial charge on any atom is -0.466 e. The van der Waals surface area contributed by atoms with Crippen LogP contribution in [0.3, 0.4) is 0 Å². The van der Waals surface area contributed by atoms with Gasteiger partial charge in [0.25, 0.3) is 11.5 Å². The van der Waals surface area contributed by atoms with Gasteiger partial charge in [-0.3, -0.25) is 19.5 Å². The summed E-state index contributed by atoms with van der Waals surface area (Å²) in [6.07, 6.45) is 1.27. The first-order valence-electron chi connectivity index (χ1n) is 5.69. The van der Waals surface area contributed by atoms with Crippen LogP contribution in [0.1, 0.15) is 10.4 Å². The molecule has 0 radical (unpaired) electrons. The van der Waals surface area contributed by atoms with E-state index in [4.69, 9.17) is 4.74 Å². The van der Waals surface area contributed by atoms with E-state index in [1.807, 2.05) is 0 Å². The van der Waals surface area contributed by atoms with Gasteiger partial charge in [-0.1, -0.05) is 11.8 Å². The summed E-state index contributed by atoms with van der Waals surface area (Å²) in [6, 6.07) is 0.0977. The van der Waals surface area contributed by atoms with E-state index in [-0.39, 0.29) is 23.1 Å². The van der Waals surface area contributed by atoms with Crippen LogP contribution in [0, 0.1) is 0 Å². The summed E-state index contributed by atoms with van der Waals surface area (Å²) in [5, 5.41) is 9.23. The first kappa shape index (κ1) is 12.7. The van der Waals surface area contributed by atoms with Crippen LogP contribution in [0.5, 0.6) is 6.01 Å². The van der Waals surface area contributed by atoms with E-state index in [1.165, 1.54) is 29.6 Å². The normalized spacial score (nSPS) is 13.1. The molecule has 0 fully saturated rings. The SMILES string of the molecule is COc1n[nH]c(NC(=O)c2cnc3n(c2=O)CCS3)n1. The monoisotopic (exact) mass is 294 g/mol. The highest BCUT2D eigenvalue weighted by Gasteiger charge is 2.20. The molecule has 0 aromatic carbocycles. The number of nitrogens with one attached hydrogen (secondary N) is 2. The van der Waals surface area contributed by atoms with Gasteiger partial charge in [0.05, 0.1) is 7.11 Å². The Morgan fingerprint density at radius 2 is 2.45 bits per heavy atom. The van der Waals surface area contributed by atoms with Crippen molar-refractivity contribution >= 4 is 23.6 Å². The van der Waals surface area contributed by atoms with Gasteiger partial charge in [0.2, 0.25) is 5.95 Å². The van der Waals surface area contributed by atoms with Crippen LogP contribution in [0.4, 0.5) is 5.95 Å². The molecule has 0 saturated heterocycles. The number of aromatic amines is 1. The van der Waals surface area contributed by atoms with Crippen molar-refractivity contribution in [2.45, 2.75) is 11.7 Å². The second-order valence-corrected chi connectivity index (χ2v) is 4.95. The summed E-state index contributed by atoms with van der Waals surface area (Å²) < 4.78 is 6.27. The average Bonchev–Trinajstić information content (AvgIpc) is 3.07. The third kappa shape index (κ3) is 2.13. The molecule has 2 aromatic heterocycles. The van der Waals surface area contributed by atoms with Crippen molar-refractivity contribution in [3.63, 3.8) is 0 Å². The summed E-state index contributed by atoms with van der Waals surface area (Å²) in [5.41, 5.74) is -0.393. The fourth-order valence-electron chi connectivity index (χ4n) is 1.74. The number of thioether (sulfide) groups is 1. The Bertz CT molecular complexity index is 724. The second-order valence-electron chi connectivity index (χ2n) is 3.88. The van der Waals surface area contributed by atoms with Gasteiger partial charge in [-0.15, -0.1) is 5.10 Å². The van der Waals surface area contributed by atoms with E-state index in [2.05, 4.69) is 25.5 Å². The van der Waals surface area contributed by atoms with Crippen molar-refractivity contribution in [2.24, 2.45) is 0 Å². The quantitative estimate of drug-likeness (QED) is 0.748. The van der Waals surface area contributed by atoms with Gasteiger partial charge in [0.15, 0.2) is 5.16 Å². The summed E-state index contributed by atoms with van der Waals surface area (Å²) in [6.45, 7) is 0.559. The summed E-state index contributed by atoms with van der Waals surface area (Å²) in [7, 11) is 1.41. The van der Waals surface area contributed by atoms with Gasteiger partial charge in [0, 0.05) is 18.5 Å². The minimum absolute atomic E-state index is 0.0355. The number of fused-ring (bicyclic) bond motifs is 1. The Morgan fingerprint density at radius 1 is 1.60 bits per heavy atom. The molecule has 3 rings (SSSR count). The number of methoxy groups -OCH3 is 1. The van der Waals surface area contributed by atoms with Gasteiger partial charge in [-0.25, -0.2) is 10.1 Å². The highest BCUT2D eigenvalue weighted by atomic mass is 32.2. The van der Waals surface area contributed by atoms with E-state index in [9.17, 15) is 9.59 Å². The minimum atomic E-state index is -0.589. The molecule has 10 heteroatoms. The van der Waals surface area contributed by atoms with Crippen molar-refractivity contribution in [1.82, 2.24) is 24.7 Å². The largest absolute Gasteiger partial charge is 0.466 e. The van der Waals surface area contributed by atoms with Crippen molar-refractivity contribution < 1.29 is 9.53 Å². The maximum atomic E-state index is 12.1. The number of aromatic nitrogens is 5. The number of amides is 1. The summed E-state index contributed by atoms with van der Waals surface area (Å²) in [4.78, 5) is 32.1. The molecule has 104 valence electrons. The second kappa shape index (κ2) is 4.96. The molecule has 9 nitrogen and oxygen atoms in total. The lowest BCUT2D eigenvalue weighted by Crippen LogP contribution is -2.29. The lowest BCUT2D eigenvalue weighted by molar-refractivity contribution is 0.102. The number of rotatable bonds is 3. The lowest BCUT2D eigenvalue weighted by atomic mass is 10.3. The number of nitrogens with zero attached hydrogens (tertiary/aromatic N) is 4. The smallest absolute Gasteiger partial charge is 0.336 e. The molecule has 1 aliphatic heterocycles. The number of ether oxygens (including phenoxy) is 1. The van der Waals surface area contributed by atoms with Crippen LogP contribution in [-0.2, 0) is 6.54 Å².